The predicted octanol–water partition coefficient (Wildman–Crippen LogP) is 5.72. The molecule has 0 fully saturated rings. The minimum absolute atomic E-state index is 0.0408. The highest BCUT2D eigenvalue weighted by Gasteiger charge is 2.23. The highest BCUT2D eigenvalue weighted by atomic mass is 16.5. The standard InChI is InChI=1S/C30H40N4O3/c1-22-12-14-25(15-13-22)34-27(19-26(32-34)24-10-8-7-9-11-24)31-28(35)21-33(16-17-37-6)29(36)18-23(2)20-30(3,4)5/h7-15,19,23H,16-18,20-21H2,1-6H3,(H,31,35). The lowest BCUT2D eigenvalue weighted by atomic mass is 9.84. The molecule has 1 unspecified atom stereocenters. The number of amides is 2. The Morgan fingerprint density at radius 1 is 1.08 bits per heavy atom. The van der Waals surface area contributed by atoms with E-state index in [-0.39, 0.29) is 29.7 Å². The number of carbonyl (C=O) groups is 2. The molecule has 198 valence electrons. The van der Waals surface area contributed by atoms with Gasteiger partial charge in [-0.15, -0.1) is 0 Å². The Morgan fingerprint density at radius 2 is 1.76 bits per heavy atom. The molecule has 2 aromatic carbocycles. The van der Waals surface area contributed by atoms with E-state index in [1.807, 2.05) is 67.6 Å². The first-order valence-electron chi connectivity index (χ1n) is 12.8. The van der Waals surface area contributed by atoms with Crippen LogP contribution in [-0.2, 0) is 14.3 Å². The molecule has 1 N–H and O–H groups in total. The fourth-order valence-corrected chi connectivity index (χ4v) is 4.50. The minimum atomic E-state index is -0.277. The maximum absolute atomic E-state index is 13.2. The molecule has 1 atom stereocenters. The Morgan fingerprint density at radius 3 is 2.38 bits per heavy atom. The minimum Gasteiger partial charge on any atom is -0.383 e. The third-order valence-corrected chi connectivity index (χ3v) is 6.06. The highest BCUT2D eigenvalue weighted by molar-refractivity contribution is 5.94. The van der Waals surface area contributed by atoms with E-state index in [0.717, 1.165) is 28.9 Å². The molecule has 3 aromatic rings. The van der Waals surface area contributed by atoms with Gasteiger partial charge in [-0.25, -0.2) is 4.68 Å². The van der Waals surface area contributed by atoms with Gasteiger partial charge in [0.15, 0.2) is 0 Å². The Labute approximate surface area is 220 Å². The van der Waals surface area contributed by atoms with E-state index in [0.29, 0.717) is 25.4 Å². The summed E-state index contributed by atoms with van der Waals surface area (Å²) in [5.74, 6) is 0.451. The molecule has 0 aliphatic carbocycles. The Bertz CT molecular complexity index is 1160. The molecule has 1 aromatic heterocycles. The SMILES string of the molecule is COCCN(CC(=O)Nc1cc(-c2ccccc2)nn1-c1ccc(C)cc1)C(=O)CC(C)CC(C)(C)C. The fourth-order valence-electron chi connectivity index (χ4n) is 4.50. The van der Waals surface area contributed by atoms with Crippen molar-refractivity contribution >= 4 is 17.6 Å². The second-order valence-electron chi connectivity index (χ2n) is 11.0. The Kier molecular flexibility index (Phi) is 9.64. The molecule has 3 rings (SSSR count). The molecule has 0 saturated carbocycles. The van der Waals surface area contributed by atoms with Crippen molar-refractivity contribution in [3.05, 3.63) is 66.2 Å². The van der Waals surface area contributed by atoms with Gasteiger partial charge in [0, 0.05) is 31.7 Å². The number of rotatable bonds is 11. The number of hydrogen-bond donors (Lipinski definition) is 1. The van der Waals surface area contributed by atoms with E-state index in [4.69, 9.17) is 9.84 Å². The van der Waals surface area contributed by atoms with Crippen LogP contribution in [0.4, 0.5) is 5.82 Å². The molecular formula is C30H40N4O3. The summed E-state index contributed by atoms with van der Waals surface area (Å²) in [6, 6.07) is 19.7. The lowest BCUT2D eigenvalue weighted by Gasteiger charge is -2.26. The number of ether oxygens (including phenoxy) is 1. The predicted molar refractivity (Wildman–Crippen MR) is 149 cm³/mol. The summed E-state index contributed by atoms with van der Waals surface area (Å²) in [4.78, 5) is 27.9. The Balaban J connectivity index is 1.80. The number of methoxy groups -OCH3 is 1. The van der Waals surface area contributed by atoms with E-state index in [9.17, 15) is 9.59 Å². The lowest BCUT2D eigenvalue weighted by Crippen LogP contribution is -2.40. The normalized spacial score (nSPS) is 12.3. The molecule has 37 heavy (non-hydrogen) atoms. The van der Waals surface area contributed by atoms with Gasteiger partial charge in [-0.05, 0) is 36.8 Å². The van der Waals surface area contributed by atoms with Crippen LogP contribution in [-0.4, -0.2) is 53.3 Å². The monoisotopic (exact) mass is 504 g/mol. The molecule has 0 bridgehead atoms. The first-order valence-corrected chi connectivity index (χ1v) is 12.8. The topological polar surface area (TPSA) is 76.5 Å². The van der Waals surface area contributed by atoms with Crippen molar-refractivity contribution in [1.29, 1.82) is 0 Å². The molecule has 2 amide bonds. The summed E-state index contributed by atoms with van der Waals surface area (Å²) in [7, 11) is 1.59. The van der Waals surface area contributed by atoms with Crippen LogP contribution in [0, 0.1) is 18.3 Å². The molecule has 0 radical (unpaired) electrons. The zero-order valence-corrected chi connectivity index (χ0v) is 23.0. The molecule has 7 nitrogen and oxygen atoms in total. The first-order chi connectivity index (χ1) is 17.6. The van der Waals surface area contributed by atoms with Crippen LogP contribution in [0.5, 0.6) is 0 Å². The second kappa shape index (κ2) is 12.7. The molecular weight excluding hydrogens is 464 g/mol. The van der Waals surface area contributed by atoms with Crippen LogP contribution in [0.1, 0.15) is 46.1 Å². The molecule has 0 spiro atoms. The number of nitrogens with zero attached hydrogens (tertiary/aromatic N) is 3. The van der Waals surface area contributed by atoms with Crippen LogP contribution < -0.4 is 5.32 Å². The van der Waals surface area contributed by atoms with Crippen molar-refractivity contribution in [3.63, 3.8) is 0 Å². The number of carbonyl (C=O) groups excluding carboxylic acids is 2. The fraction of sp³-hybridized carbons (Fsp3) is 0.433. The summed E-state index contributed by atoms with van der Waals surface area (Å²) < 4.78 is 6.94. The quantitative estimate of drug-likeness (QED) is 0.362. The highest BCUT2D eigenvalue weighted by Crippen LogP contribution is 2.27. The Hall–Kier alpha value is -3.45. The number of aryl methyl sites for hydroxylation is 1. The third kappa shape index (κ3) is 8.57. The van der Waals surface area contributed by atoms with Crippen molar-refractivity contribution in [1.82, 2.24) is 14.7 Å². The zero-order valence-electron chi connectivity index (χ0n) is 23.0. The molecule has 7 heteroatoms. The molecule has 0 saturated heterocycles. The van der Waals surface area contributed by atoms with Crippen LogP contribution in [0.2, 0.25) is 0 Å². The van der Waals surface area contributed by atoms with E-state index in [1.165, 1.54) is 0 Å². The summed E-state index contributed by atoms with van der Waals surface area (Å²) in [6.07, 6.45) is 1.33. The molecule has 1 heterocycles. The van der Waals surface area contributed by atoms with Crippen molar-refractivity contribution in [3.8, 4) is 16.9 Å². The second-order valence-corrected chi connectivity index (χ2v) is 11.0. The maximum Gasteiger partial charge on any atom is 0.245 e. The average Bonchev–Trinajstić information content (AvgIpc) is 3.25. The number of anilines is 1. The summed E-state index contributed by atoms with van der Waals surface area (Å²) >= 11 is 0. The maximum atomic E-state index is 13.2. The number of hydrogen-bond acceptors (Lipinski definition) is 4. The van der Waals surface area contributed by atoms with Gasteiger partial charge in [0.1, 0.15) is 5.82 Å². The summed E-state index contributed by atoms with van der Waals surface area (Å²) in [6.45, 7) is 11.3. The van der Waals surface area contributed by atoms with Crippen LogP contribution in [0.25, 0.3) is 16.9 Å². The average molecular weight is 505 g/mol. The number of aromatic nitrogens is 2. The van der Waals surface area contributed by atoms with Gasteiger partial charge in [-0.3, -0.25) is 9.59 Å². The van der Waals surface area contributed by atoms with Crippen LogP contribution >= 0.6 is 0 Å². The molecule has 0 aliphatic rings. The molecule has 0 aliphatic heterocycles. The van der Waals surface area contributed by atoms with Gasteiger partial charge in [0.05, 0.1) is 24.5 Å². The van der Waals surface area contributed by atoms with Gasteiger partial charge in [0.2, 0.25) is 11.8 Å². The number of benzene rings is 2. The van der Waals surface area contributed by atoms with E-state index >= 15 is 0 Å². The summed E-state index contributed by atoms with van der Waals surface area (Å²) in [5.41, 5.74) is 3.82. The van der Waals surface area contributed by atoms with E-state index in [2.05, 4.69) is 33.0 Å². The van der Waals surface area contributed by atoms with E-state index < -0.39 is 0 Å². The summed E-state index contributed by atoms with van der Waals surface area (Å²) in [5, 5.41) is 7.77. The van der Waals surface area contributed by atoms with Crippen molar-refractivity contribution < 1.29 is 14.3 Å². The van der Waals surface area contributed by atoms with Crippen molar-refractivity contribution in [2.24, 2.45) is 11.3 Å². The van der Waals surface area contributed by atoms with Crippen molar-refractivity contribution in [2.75, 3.05) is 32.1 Å². The lowest BCUT2D eigenvalue weighted by molar-refractivity contribution is -0.136. The van der Waals surface area contributed by atoms with Crippen molar-refractivity contribution in [2.45, 2.75) is 47.5 Å². The smallest absolute Gasteiger partial charge is 0.245 e. The van der Waals surface area contributed by atoms with Gasteiger partial charge < -0.3 is 15.0 Å². The van der Waals surface area contributed by atoms with E-state index in [1.54, 1.807) is 16.7 Å². The first kappa shape index (κ1) is 28.1. The van der Waals surface area contributed by atoms with Crippen LogP contribution in [0.15, 0.2) is 60.7 Å². The van der Waals surface area contributed by atoms with Gasteiger partial charge in [-0.1, -0.05) is 75.7 Å². The van der Waals surface area contributed by atoms with Crippen LogP contribution in [0.3, 0.4) is 0 Å². The third-order valence-electron chi connectivity index (χ3n) is 6.06. The van der Waals surface area contributed by atoms with Gasteiger partial charge in [-0.2, -0.15) is 5.10 Å². The zero-order chi connectivity index (χ0) is 27.0. The van der Waals surface area contributed by atoms with Gasteiger partial charge >= 0.3 is 0 Å². The largest absolute Gasteiger partial charge is 0.383 e. The number of nitrogens with one attached hydrogen (secondary N) is 1. The van der Waals surface area contributed by atoms with Gasteiger partial charge in [0.25, 0.3) is 0 Å².